The van der Waals surface area contributed by atoms with Gasteiger partial charge in [-0.3, -0.25) is 4.79 Å². The lowest BCUT2D eigenvalue weighted by molar-refractivity contribution is -0.122. The topological polar surface area (TPSA) is 38.3 Å². The normalized spacial score (nSPS) is 14.9. The number of nitrogens with one attached hydrogen (secondary N) is 1. The third kappa shape index (κ3) is 4.34. The van der Waals surface area contributed by atoms with Crippen molar-refractivity contribution in [2.75, 3.05) is 7.11 Å². The van der Waals surface area contributed by atoms with Gasteiger partial charge in [0, 0.05) is 6.42 Å². The molecule has 3 rings (SSSR count). The van der Waals surface area contributed by atoms with Crippen LogP contribution in [0.1, 0.15) is 36.4 Å². The molecule has 1 aliphatic carbocycles. The molecule has 1 aliphatic rings. The van der Waals surface area contributed by atoms with Gasteiger partial charge in [-0.2, -0.15) is 0 Å². The lowest BCUT2D eigenvalue weighted by Gasteiger charge is -2.19. The molecule has 1 saturated carbocycles. The number of amides is 1. The number of halogens is 1. The molecule has 4 heteroatoms. The largest absolute Gasteiger partial charge is 0.497 e. The molecule has 1 fully saturated rings. The Morgan fingerprint density at radius 3 is 2.62 bits per heavy atom. The second-order valence-corrected chi connectivity index (χ2v) is 6.29. The number of carbonyl (C=O) groups is 1. The van der Waals surface area contributed by atoms with Crippen LogP contribution in [0.4, 0.5) is 4.39 Å². The van der Waals surface area contributed by atoms with Crippen LogP contribution in [-0.4, -0.2) is 13.0 Å². The molecule has 1 amide bonds. The summed E-state index contributed by atoms with van der Waals surface area (Å²) in [4.78, 5) is 12.3. The number of methoxy groups -OCH3 is 1. The number of aryl methyl sites for hydroxylation is 1. The van der Waals surface area contributed by atoms with Gasteiger partial charge in [-0.05, 0) is 60.6 Å². The highest BCUT2D eigenvalue weighted by molar-refractivity contribution is 5.76. The second kappa shape index (κ2) is 7.47. The minimum absolute atomic E-state index is 0.00646. The first-order chi connectivity index (χ1) is 11.7. The molecule has 0 aliphatic heterocycles. The molecule has 1 N–H and O–H groups in total. The molecule has 2 aromatic rings. The van der Waals surface area contributed by atoms with E-state index in [1.54, 1.807) is 13.2 Å². The van der Waals surface area contributed by atoms with Crippen LogP contribution in [0.25, 0.3) is 0 Å². The van der Waals surface area contributed by atoms with Gasteiger partial charge in [-0.25, -0.2) is 4.39 Å². The van der Waals surface area contributed by atoms with E-state index in [1.807, 2.05) is 30.3 Å². The molecule has 0 heterocycles. The molecule has 0 bridgehead atoms. The SMILES string of the molecule is COc1ccc(C(NC(=O)CCc2cccc(F)c2)C2CC2)cc1. The molecule has 1 unspecified atom stereocenters. The van der Waals surface area contributed by atoms with Crippen molar-refractivity contribution in [1.82, 2.24) is 5.32 Å². The van der Waals surface area contributed by atoms with Crippen LogP contribution in [0.15, 0.2) is 48.5 Å². The van der Waals surface area contributed by atoms with E-state index in [-0.39, 0.29) is 17.8 Å². The molecule has 0 aromatic heterocycles. The predicted molar refractivity (Wildman–Crippen MR) is 91.3 cm³/mol. The number of carbonyl (C=O) groups excluding carboxylic acids is 1. The fourth-order valence-corrected chi connectivity index (χ4v) is 2.91. The van der Waals surface area contributed by atoms with Crippen molar-refractivity contribution in [3.05, 3.63) is 65.5 Å². The average molecular weight is 327 g/mol. The van der Waals surface area contributed by atoms with Crippen molar-refractivity contribution >= 4 is 5.91 Å². The number of ether oxygens (including phenoxy) is 1. The summed E-state index contributed by atoms with van der Waals surface area (Å²) in [5, 5.41) is 3.14. The summed E-state index contributed by atoms with van der Waals surface area (Å²) >= 11 is 0. The van der Waals surface area contributed by atoms with E-state index in [4.69, 9.17) is 4.74 Å². The Hall–Kier alpha value is -2.36. The number of hydrogen-bond donors (Lipinski definition) is 1. The molecule has 0 radical (unpaired) electrons. The number of benzene rings is 2. The molecular weight excluding hydrogens is 305 g/mol. The highest BCUT2D eigenvalue weighted by atomic mass is 19.1. The zero-order valence-electron chi connectivity index (χ0n) is 13.8. The second-order valence-electron chi connectivity index (χ2n) is 6.29. The zero-order chi connectivity index (χ0) is 16.9. The summed E-state index contributed by atoms with van der Waals surface area (Å²) in [6.07, 6.45) is 3.19. The van der Waals surface area contributed by atoms with Crippen LogP contribution >= 0.6 is 0 Å². The van der Waals surface area contributed by atoms with Crippen LogP contribution in [0.3, 0.4) is 0 Å². The Morgan fingerprint density at radius 1 is 1.25 bits per heavy atom. The number of hydrogen-bond acceptors (Lipinski definition) is 2. The average Bonchev–Trinajstić information content (AvgIpc) is 3.43. The zero-order valence-corrected chi connectivity index (χ0v) is 13.8. The van der Waals surface area contributed by atoms with Gasteiger partial charge in [-0.15, -0.1) is 0 Å². The van der Waals surface area contributed by atoms with Crippen LogP contribution in [0, 0.1) is 11.7 Å². The summed E-state index contributed by atoms with van der Waals surface area (Å²) in [6, 6.07) is 14.3. The highest BCUT2D eigenvalue weighted by Gasteiger charge is 2.33. The molecule has 0 spiro atoms. The van der Waals surface area contributed by atoms with Gasteiger partial charge in [0.15, 0.2) is 0 Å². The first-order valence-corrected chi connectivity index (χ1v) is 8.33. The smallest absolute Gasteiger partial charge is 0.220 e. The Balaban J connectivity index is 1.59. The molecular formula is C20H22FNO2. The molecule has 24 heavy (non-hydrogen) atoms. The van der Waals surface area contributed by atoms with Gasteiger partial charge >= 0.3 is 0 Å². The van der Waals surface area contributed by atoms with Crippen LogP contribution in [0.5, 0.6) is 5.75 Å². The maximum absolute atomic E-state index is 13.2. The van der Waals surface area contributed by atoms with Crippen LogP contribution in [0.2, 0.25) is 0 Å². The third-order valence-corrected chi connectivity index (χ3v) is 4.41. The maximum Gasteiger partial charge on any atom is 0.220 e. The Kier molecular flexibility index (Phi) is 5.14. The van der Waals surface area contributed by atoms with E-state index in [9.17, 15) is 9.18 Å². The fraction of sp³-hybridized carbons (Fsp3) is 0.350. The summed E-state index contributed by atoms with van der Waals surface area (Å²) in [5.74, 6) is 1.07. The van der Waals surface area contributed by atoms with Crippen molar-refractivity contribution < 1.29 is 13.9 Å². The monoisotopic (exact) mass is 327 g/mol. The van der Waals surface area contributed by atoms with Gasteiger partial charge < -0.3 is 10.1 Å². The Bertz CT molecular complexity index is 695. The molecule has 0 saturated heterocycles. The van der Waals surface area contributed by atoms with Gasteiger partial charge in [0.2, 0.25) is 5.91 Å². The molecule has 2 aromatic carbocycles. The summed E-state index contributed by atoms with van der Waals surface area (Å²) < 4.78 is 18.4. The van der Waals surface area contributed by atoms with E-state index in [0.717, 1.165) is 29.7 Å². The first-order valence-electron chi connectivity index (χ1n) is 8.33. The van der Waals surface area contributed by atoms with E-state index < -0.39 is 0 Å². The van der Waals surface area contributed by atoms with Crippen LogP contribution in [-0.2, 0) is 11.2 Å². The summed E-state index contributed by atoms with van der Waals surface area (Å²) in [6.45, 7) is 0. The van der Waals surface area contributed by atoms with Crippen molar-refractivity contribution in [3.63, 3.8) is 0 Å². The highest BCUT2D eigenvalue weighted by Crippen LogP contribution is 2.41. The van der Waals surface area contributed by atoms with Crippen molar-refractivity contribution in [2.24, 2.45) is 5.92 Å². The van der Waals surface area contributed by atoms with Gasteiger partial charge in [0.25, 0.3) is 0 Å². The molecule has 1 atom stereocenters. The Labute approximate surface area is 141 Å². The first kappa shape index (κ1) is 16.5. The lowest BCUT2D eigenvalue weighted by atomic mass is 10.0. The lowest BCUT2D eigenvalue weighted by Crippen LogP contribution is -2.30. The van der Waals surface area contributed by atoms with E-state index in [2.05, 4.69) is 5.32 Å². The van der Waals surface area contributed by atoms with E-state index >= 15 is 0 Å². The third-order valence-electron chi connectivity index (χ3n) is 4.41. The van der Waals surface area contributed by atoms with Crippen molar-refractivity contribution in [1.29, 1.82) is 0 Å². The van der Waals surface area contributed by atoms with Crippen LogP contribution < -0.4 is 10.1 Å². The minimum Gasteiger partial charge on any atom is -0.497 e. The summed E-state index contributed by atoms with van der Waals surface area (Å²) in [7, 11) is 1.64. The molecule has 126 valence electrons. The van der Waals surface area contributed by atoms with E-state index in [1.165, 1.54) is 12.1 Å². The van der Waals surface area contributed by atoms with Crippen molar-refractivity contribution in [2.45, 2.75) is 31.7 Å². The quantitative estimate of drug-likeness (QED) is 0.833. The van der Waals surface area contributed by atoms with Gasteiger partial charge in [0.05, 0.1) is 13.2 Å². The maximum atomic E-state index is 13.2. The standard InChI is InChI=1S/C20H22FNO2/c1-24-18-10-8-16(9-11-18)20(15-6-7-15)22-19(23)12-5-14-3-2-4-17(21)13-14/h2-4,8-11,13,15,20H,5-7,12H2,1H3,(H,22,23). The van der Waals surface area contributed by atoms with Crippen molar-refractivity contribution in [3.8, 4) is 5.75 Å². The Morgan fingerprint density at radius 2 is 2.00 bits per heavy atom. The minimum atomic E-state index is -0.262. The van der Waals surface area contributed by atoms with Gasteiger partial charge in [0.1, 0.15) is 11.6 Å². The fourth-order valence-electron chi connectivity index (χ4n) is 2.91. The number of rotatable bonds is 7. The van der Waals surface area contributed by atoms with E-state index in [0.29, 0.717) is 18.8 Å². The summed E-state index contributed by atoms with van der Waals surface area (Å²) in [5.41, 5.74) is 1.95. The predicted octanol–water partition coefficient (Wildman–Crippen LogP) is 4.03. The van der Waals surface area contributed by atoms with Gasteiger partial charge in [-0.1, -0.05) is 24.3 Å². The molecule has 3 nitrogen and oxygen atoms in total.